The third-order valence-electron chi connectivity index (χ3n) is 4.43. The zero-order valence-corrected chi connectivity index (χ0v) is 16.5. The van der Waals surface area contributed by atoms with Crippen LogP contribution in [0.4, 0.5) is 9.80 Å². The van der Waals surface area contributed by atoms with E-state index in [1.54, 1.807) is 0 Å². The number of thiophene rings is 1. The van der Waals surface area contributed by atoms with Crippen LogP contribution in [0.15, 0.2) is 30.3 Å². The molecule has 1 aromatic heterocycles. The fourth-order valence-electron chi connectivity index (χ4n) is 3.02. The first-order chi connectivity index (χ1) is 14.3. The molecule has 2 aromatic rings. The molecule has 0 spiro atoms. The van der Waals surface area contributed by atoms with Crippen LogP contribution in [0.25, 0.3) is 0 Å². The summed E-state index contributed by atoms with van der Waals surface area (Å²) < 4.78 is 5.15. The molecule has 0 radical (unpaired) electrons. The van der Waals surface area contributed by atoms with E-state index in [2.05, 4.69) is 16.0 Å². The molecule has 3 rings (SSSR count). The van der Waals surface area contributed by atoms with Crippen LogP contribution in [-0.4, -0.2) is 46.7 Å². The Kier molecular flexibility index (Phi) is 6.65. The van der Waals surface area contributed by atoms with E-state index in [1.807, 2.05) is 30.3 Å². The van der Waals surface area contributed by atoms with Gasteiger partial charge in [-0.05, 0) is 17.5 Å². The molecule has 158 valence electrons. The van der Waals surface area contributed by atoms with Crippen molar-refractivity contribution in [3.8, 4) is 0 Å². The number of alkyl carbamates (subject to hydrolysis) is 1. The van der Waals surface area contributed by atoms with Crippen molar-refractivity contribution in [2.24, 2.45) is 0 Å². The van der Waals surface area contributed by atoms with Crippen molar-refractivity contribution in [1.29, 1.82) is 0 Å². The number of aliphatic carboxylic acids is 1. The van der Waals surface area contributed by atoms with Crippen molar-refractivity contribution in [3.63, 3.8) is 0 Å². The van der Waals surface area contributed by atoms with Crippen LogP contribution < -0.4 is 16.0 Å². The molecule has 1 atom stereocenters. The lowest BCUT2D eigenvalue weighted by molar-refractivity contribution is -0.147. The minimum absolute atomic E-state index is 0.0161. The van der Waals surface area contributed by atoms with Gasteiger partial charge in [-0.3, -0.25) is 4.79 Å². The predicted octanol–water partition coefficient (Wildman–Crippen LogP) is 1.41. The Morgan fingerprint density at radius 3 is 2.57 bits per heavy atom. The molecule has 1 aliphatic rings. The summed E-state index contributed by atoms with van der Waals surface area (Å²) in [4.78, 5) is 46.5. The first-order valence-corrected chi connectivity index (χ1v) is 9.76. The summed E-state index contributed by atoms with van der Waals surface area (Å²) in [5.74, 6) is -4.26. The maximum Gasteiger partial charge on any atom is 0.407 e. The average Bonchev–Trinajstić information content (AvgIpc) is 3.08. The normalized spacial score (nSPS) is 15.0. The molecule has 1 unspecified atom stereocenters. The van der Waals surface area contributed by atoms with Crippen LogP contribution in [0.1, 0.15) is 26.4 Å². The Bertz CT molecular complexity index is 974. The summed E-state index contributed by atoms with van der Waals surface area (Å²) in [7, 11) is 0. The van der Waals surface area contributed by atoms with E-state index >= 15 is 0 Å². The number of nitrogens with one attached hydrogen (secondary N) is 3. The number of carboxylic acids is 2. The topological polar surface area (TPSA) is 154 Å². The van der Waals surface area contributed by atoms with Crippen LogP contribution in [0.2, 0.25) is 0 Å². The number of benzene rings is 1. The number of anilines is 1. The van der Waals surface area contributed by atoms with Crippen LogP contribution >= 0.6 is 11.3 Å². The highest BCUT2D eigenvalue weighted by atomic mass is 32.1. The largest absolute Gasteiger partial charge is 0.478 e. The van der Waals surface area contributed by atoms with Crippen molar-refractivity contribution in [2.75, 3.05) is 11.9 Å². The Labute approximate surface area is 174 Å². The van der Waals surface area contributed by atoms with Gasteiger partial charge in [0.25, 0.3) is 0 Å². The van der Waals surface area contributed by atoms with Crippen molar-refractivity contribution >= 4 is 40.3 Å². The summed E-state index contributed by atoms with van der Waals surface area (Å²) in [6.45, 7) is 0.669. The monoisotopic (exact) mass is 433 g/mol. The fraction of sp³-hybridized carbons (Fsp3) is 0.263. The molecule has 1 aromatic carbocycles. The number of amides is 2. The molecular formula is C19H19N3O7S. The molecule has 10 nitrogen and oxygen atoms in total. The molecule has 5 N–H and O–H groups in total. The lowest BCUT2D eigenvalue weighted by Crippen LogP contribution is -2.44. The molecule has 0 aliphatic carbocycles. The molecule has 30 heavy (non-hydrogen) atoms. The maximum atomic E-state index is 11.9. The highest BCUT2D eigenvalue weighted by Gasteiger charge is 2.30. The second kappa shape index (κ2) is 9.37. The minimum atomic E-state index is -1.70. The highest BCUT2D eigenvalue weighted by Crippen LogP contribution is 2.36. The zero-order valence-electron chi connectivity index (χ0n) is 15.6. The fourth-order valence-corrected chi connectivity index (χ4v) is 4.19. The molecule has 0 saturated carbocycles. The van der Waals surface area contributed by atoms with Gasteiger partial charge in [-0.15, -0.1) is 11.3 Å². The number of hydrogen-bond donors (Lipinski definition) is 5. The van der Waals surface area contributed by atoms with E-state index in [4.69, 9.17) is 9.84 Å². The molecule has 1 aliphatic heterocycles. The Morgan fingerprint density at radius 2 is 1.90 bits per heavy atom. The smallest absolute Gasteiger partial charge is 0.407 e. The minimum Gasteiger partial charge on any atom is -0.478 e. The zero-order chi connectivity index (χ0) is 21.7. The summed E-state index contributed by atoms with van der Waals surface area (Å²) >= 11 is 1.02. The van der Waals surface area contributed by atoms with E-state index in [9.17, 15) is 24.3 Å². The van der Waals surface area contributed by atoms with Gasteiger partial charge in [0, 0.05) is 24.0 Å². The van der Waals surface area contributed by atoms with Gasteiger partial charge in [-0.1, -0.05) is 30.3 Å². The van der Waals surface area contributed by atoms with Gasteiger partial charge >= 0.3 is 23.9 Å². The van der Waals surface area contributed by atoms with Gasteiger partial charge in [0.15, 0.2) is 0 Å². The molecule has 0 bridgehead atoms. The molecular weight excluding hydrogens is 414 g/mol. The van der Waals surface area contributed by atoms with Gasteiger partial charge in [0.2, 0.25) is 0 Å². The van der Waals surface area contributed by atoms with E-state index in [0.29, 0.717) is 17.0 Å². The number of carbonyl (C=O) groups is 4. The second-order valence-electron chi connectivity index (χ2n) is 6.50. The molecule has 2 heterocycles. The van der Waals surface area contributed by atoms with E-state index in [-0.39, 0.29) is 36.2 Å². The number of ether oxygens (including phenoxy) is 1. The predicted molar refractivity (Wildman–Crippen MR) is 107 cm³/mol. The molecule has 0 saturated heterocycles. The lowest BCUT2D eigenvalue weighted by atomic mass is 9.98. The number of carboxylic acid groups (broad SMARTS) is 2. The van der Waals surface area contributed by atoms with Crippen LogP contribution in [-0.2, 0) is 33.9 Å². The Balaban J connectivity index is 1.60. The summed E-state index contributed by atoms with van der Waals surface area (Å²) in [5, 5.41) is 26.2. The number of fused-ring (bicyclic) bond motifs is 1. The first kappa shape index (κ1) is 21.3. The number of hydrogen-bond acceptors (Lipinski definition) is 7. The van der Waals surface area contributed by atoms with E-state index < -0.39 is 23.9 Å². The standard InChI is InChI=1S/C19H19N3O7S/c23-15(18(26)27)22-16-14(17(24)25)12-6-11(20-8-13(12)30-16)7-21-19(28)29-9-10-4-2-1-3-5-10/h1-5,11,20H,6-9H2,(H,21,28)(H,22,23)(H,24,25)(H,26,27). The Morgan fingerprint density at radius 1 is 1.17 bits per heavy atom. The highest BCUT2D eigenvalue weighted by molar-refractivity contribution is 7.17. The second-order valence-corrected chi connectivity index (χ2v) is 7.60. The van der Waals surface area contributed by atoms with E-state index in [1.165, 1.54) is 0 Å². The van der Waals surface area contributed by atoms with Gasteiger partial charge in [0.1, 0.15) is 11.6 Å². The van der Waals surface area contributed by atoms with Gasteiger partial charge in [-0.2, -0.15) is 0 Å². The van der Waals surface area contributed by atoms with Crippen molar-refractivity contribution in [3.05, 3.63) is 51.9 Å². The van der Waals surface area contributed by atoms with E-state index in [0.717, 1.165) is 16.9 Å². The maximum absolute atomic E-state index is 11.9. The molecule has 11 heteroatoms. The molecule has 2 amide bonds. The van der Waals surface area contributed by atoms with Crippen LogP contribution in [0.5, 0.6) is 0 Å². The van der Waals surface area contributed by atoms with Crippen molar-refractivity contribution < 1.29 is 34.1 Å². The van der Waals surface area contributed by atoms with Crippen LogP contribution in [0.3, 0.4) is 0 Å². The van der Waals surface area contributed by atoms with Gasteiger partial charge in [-0.25, -0.2) is 14.4 Å². The quantitative estimate of drug-likeness (QED) is 0.429. The Hall–Kier alpha value is -3.44. The summed E-state index contributed by atoms with van der Waals surface area (Å²) in [6, 6.07) is 8.96. The number of carbonyl (C=O) groups excluding carboxylic acids is 2. The lowest BCUT2D eigenvalue weighted by Gasteiger charge is -2.24. The first-order valence-electron chi connectivity index (χ1n) is 8.95. The van der Waals surface area contributed by atoms with Crippen molar-refractivity contribution in [2.45, 2.75) is 25.6 Å². The summed E-state index contributed by atoms with van der Waals surface area (Å²) in [6.07, 6.45) is -0.306. The van der Waals surface area contributed by atoms with Gasteiger partial charge < -0.3 is 30.9 Å². The average molecular weight is 433 g/mol. The summed E-state index contributed by atoms with van der Waals surface area (Å²) in [5.41, 5.74) is 1.24. The van der Waals surface area contributed by atoms with Gasteiger partial charge in [0.05, 0.1) is 5.56 Å². The molecule has 0 fully saturated rings. The number of rotatable bonds is 6. The third-order valence-corrected chi connectivity index (χ3v) is 5.58. The SMILES string of the molecule is O=C(NCC1Cc2c(sc(NC(=O)C(=O)O)c2C(=O)O)CN1)OCc1ccccc1. The van der Waals surface area contributed by atoms with Crippen LogP contribution in [0, 0.1) is 0 Å². The number of aromatic carboxylic acids is 1. The van der Waals surface area contributed by atoms with Crippen molar-refractivity contribution in [1.82, 2.24) is 10.6 Å². The third kappa shape index (κ3) is 5.13.